The number of hydrogen-bond acceptors (Lipinski definition) is 4. The van der Waals surface area contributed by atoms with E-state index in [0.29, 0.717) is 40.1 Å². The van der Waals surface area contributed by atoms with Crippen LogP contribution in [0.2, 0.25) is 15.1 Å². The SMILES string of the molecule is CCC(C)(C)CCC(Oc1ccccc1)(C(=O)Nc1cccc(Nc2cc(=O)n(-c3c(Cl)cc(Cl)cc3Cl)[nH]2)c1)C(C)(C)CC. The van der Waals surface area contributed by atoms with Gasteiger partial charge < -0.3 is 15.4 Å². The Hall–Kier alpha value is -3.39. The number of rotatable bonds is 13. The highest BCUT2D eigenvalue weighted by Crippen LogP contribution is 2.45. The van der Waals surface area contributed by atoms with Gasteiger partial charge in [-0.2, -0.15) is 0 Å². The van der Waals surface area contributed by atoms with E-state index in [4.69, 9.17) is 39.5 Å². The third-order valence-electron chi connectivity index (χ3n) is 8.82. The van der Waals surface area contributed by atoms with Crippen molar-refractivity contribution in [2.75, 3.05) is 10.6 Å². The predicted molar refractivity (Wildman–Crippen MR) is 187 cm³/mol. The van der Waals surface area contributed by atoms with E-state index in [9.17, 15) is 9.59 Å². The molecule has 4 aromatic rings. The van der Waals surface area contributed by atoms with Crippen LogP contribution in [0.3, 0.4) is 0 Å². The molecule has 1 unspecified atom stereocenters. The molecule has 10 heteroatoms. The van der Waals surface area contributed by atoms with Crippen molar-refractivity contribution < 1.29 is 9.53 Å². The first-order valence-corrected chi connectivity index (χ1v) is 16.2. The Morgan fingerprint density at radius 2 is 1.49 bits per heavy atom. The van der Waals surface area contributed by atoms with Gasteiger partial charge in [0, 0.05) is 27.9 Å². The quantitative estimate of drug-likeness (QED) is 0.132. The molecule has 7 nitrogen and oxygen atoms in total. The van der Waals surface area contributed by atoms with Crippen LogP contribution in [0, 0.1) is 10.8 Å². The fourth-order valence-electron chi connectivity index (χ4n) is 5.10. The van der Waals surface area contributed by atoms with Gasteiger partial charge in [0.25, 0.3) is 11.5 Å². The van der Waals surface area contributed by atoms with Crippen molar-refractivity contribution in [1.29, 1.82) is 0 Å². The molecule has 0 spiro atoms. The van der Waals surface area contributed by atoms with Gasteiger partial charge in [-0.3, -0.25) is 14.7 Å². The number of carbonyl (C=O) groups is 1. The third-order valence-corrected chi connectivity index (χ3v) is 9.61. The van der Waals surface area contributed by atoms with Crippen molar-refractivity contribution >= 4 is 57.9 Å². The second-order valence-electron chi connectivity index (χ2n) is 12.7. The Morgan fingerprint density at radius 1 is 0.844 bits per heavy atom. The number of hydrogen-bond donors (Lipinski definition) is 3. The van der Waals surface area contributed by atoms with Crippen LogP contribution in [-0.2, 0) is 4.79 Å². The number of amides is 1. The Labute approximate surface area is 280 Å². The van der Waals surface area contributed by atoms with E-state index in [1.807, 2.05) is 48.5 Å². The predicted octanol–water partition coefficient (Wildman–Crippen LogP) is 10.3. The van der Waals surface area contributed by atoms with Crippen LogP contribution in [0.15, 0.2) is 77.6 Å². The number of anilines is 3. The zero-order valence-electron chi connectivity index (χ0n) is 26.6. The van der Waals surface area contributed by atoms with E-state index in [1.54, 1.807) is 6.07 Å². The van der Waals surface area contributed by atoms with Crippen molar-refractivity contribution in [1.82, 2.24) is 9.78 Å². The van der Waals surface area contributed by atoms with E-state index < -0.39 is 11.0 Å². The smallest absolute Gasteiger partial charge is 0.273 e. The summed E-state index contributed by atoms with van der Waals surface area (Å²) in [7, 11) is 0. The summed E-state index contributed by atoms with van der Waals surface area (Å²) in [5, 5.41) is 10.2. The van der Waals surface area contributed by atoms with E-state index in [1.165, 1.54) is 22.9 Å². The Balaban J connectivity index is 1.65. The Morgan fingerprint density at radius 3 is 2.11 bits per heavy atom. The summed E-state index contributed by atoms with van der Waals surface area (Å²) >= 11 is 18.7. The molecular weight excluding hydrogens is 631 g/mol. The number of aromatic amines is 1. The first kappa shape index (κ1) is 34.5. The minimum absolute atomic E-state index is 0.0347. The highest BCUT2D eigenvalue weighted by molar-refractivity contribution is 6.40. The fraction of sp³-hybridized carbons (Fsp3) is 0.371. The zero-order valence-corrected chi connectivity index (χ0v) is 28.8. The van der Waals surface area contributed by atoms with Crippen LogP contribution in [-0.4, -0.2) is 21.3 Å². The van der Waals surface area contributed by atoms with Gasteiger partial charge in [-0.1, -0.05) is 107 Å². The molecule has 0 radical (unpaired) electrons. The number of nitrogens with one attached hydrogen (secondary N) is 3. The van der Waals surface area contributed by atoms with Crippen molar-refractivity contribution in [3.8, 4) is 11.4 Å². The molecule has 1 atom stereocenters. The van der Waals surface area contributed by atoms with Gasteiger partial charge in [0.05, 0.1) is 10.0 Å². The first-order valence-electron chi connectivity index (χ1n) is 15.1. The molecule has 0 aliphatic heterocycles. The number of benzene rings is 3. The normalized spacial score (nSPS) is 13.3. The van der Waals surface area contributed by atoms with Gasteiger partial charge in [0.1, 0.15) is 17.3 Å². The number of ether oxygens (including phenoxy) is 1. The first-order chi connectivity index (χ1) is 21.2. The summed E-state index contributed by atoms with van der Waals surface area (Å²) < 4.78 is 7.99. The summed E-state index contributed by atoms with van der Waals surface area (Å²) in [5.41, 5.74) is -0.469. The molecule has 1 heterocycles. The highest BCUT2D eigenvalue weighted by Gasteiger charge is 2.53. The minimum Gasteiger partial charge on any atom is -0.477 e. The number of nitrogens with zero attached hydrogens (tertiary/aromatic N) is 1. The zero-order chi connectivity index (χ0) is 33.0. The summed E-state index contributed by atoms with van der Waals surface area (Å²) in [6, 6.07) is 21.2. The van der Waals surface area contributed by atoms with E-state index in [2.05, 4.69) is 57.3 Å². The minimum atomic E-state index is -1.15. The van der Waals surface area contributed by atoms with Crippen molar-refractivity contribution in [2.45, 2.75) is 72.8 Å². The molecule has 0 aliphatic carbocycles. The van der Waals surface area contributed by atoms with Gasteiger partial charge in [0.2, 0.25) is 0 Å². The Bertz CT molecular complexity index is 1670. The summed E-state index contributed by atoms with van der Waals surface area (Å²) in [6.07, 6.45) is 3.06. The number of aromatic nitrogens is 2. The lowest BCUT2D eigenvalue weighted by Crippen LogP contribution is -2.58. The van der Waals surface area contributed by atoms with E-state index >= 15 is 0 Å². The monoisotopic (exact) mass is 670 g/mol. The molecule has 3 N–H and O–H groups in total. The summed E-state index contributed by atoms with van der Waals surface area (Å²) in [4.78, 5) is 27.3. The van der Waals surface area contributed by atoms with Crippen LogP contribution < -0.4 is 20.9 Å². The largest absolute Gasteiger partial charge is 0.477 e. The molecule has 1 aromatic heterocycles. The van der Waals surface area contributed by atoms with Crippen LogP contribution in [0.4, 0.5) is 17.2 Å². The van der Waals surface area contributed by atoms with E-state index in [-0.39, 0.29) is 26.9 Å². The average molecular weight is 672 g/mol. The van der Waals surface area contributed by atoms with Crippen molar-refractivity contribution in [2.24, 2.45) is 10.8 Å². The molecule has 240 valence electrons. The molecule has 1 amide bonds. The molecule has 0 fully saturated rings. The molecule has 0 bridgehead atoms. The van der Waals surface area contributed by atoms with Gasteiger partial charge in [0.15, 0.2) is 5.60 Å². The topological polar surface area (TPSA) is 88.2 Å². The molecule has 4 rings (SSSR count). The maximum atomic E-state index is 14.5. The average Bonchev–Trinajstić information content (AvgIpc) is 3.34. The van der Waals surface area contributed by atoms with Crippen molar-refractivity contribution in [3.05, 3.63) is 98.2 Å². The number of H-pyrrole nitrogens is 1. The lowest BCUT2D eigenvalue weighted by Gasteiger charge is -2.46. The maximum Gasteiger partial charge on any atom is 0.273 e. The number of halogens is 3. The van der Waals surface area contributed by atoms with E-state index in [0.717, 1.165) is 19.3 Å². The van der Waals surface area contributed by atoms with Crippen molar-refractivity contribution in [3.63, 3.8) is 0 Å². The van der Waals surface area contributed by atoms with Gasteiger partial charge in [-0.25, -0.2) is 4.68 Å². The second kappa shape index (κ2) is 13.9. The maximum absolute atomic E-state index is 14.5. The number of carbonyl (C=O) groups excluding carboxylic acids is 1. The molecular formula is C35H41Cl3N4O3. The van der Waals surface area contributed by atoms with Crippen LogP contribution >= 0.6 is 34.8 Å². The summed E-state index contributed by atoms with van der Waals surface area (Å²) in [6.45, 7) is 12.9. The lowest BCUT2D eigenvalue weighted by atomic mass is 9.67. The highest BCUT2D eigenvalue weighted by atomic mass is 35.5. The lowest BCUT2D eigenvalue weighted by molar-refractivity contribution is -0.145. The fourth-order valence-corrected chi connectivity index (χ4v) is 6.08. The second-order valence-corrected chi connectivity index (χ2v) is 14.0. The van der Waals surface area contributed by atoms with Crippen LogP contribution in [0.1, 0.15) is 67.2 Å². The van der Waals surface area contributed by atoms with Crippen LogP contribution in [0.25, 0.3) is 5.69 Å². The molecule has 3 aromatic carbocycles. The Kier molecular flexibility index (Phi) is 10.7. The molecule has 0 aliphatic rings. The molecule has 0 saturated carbocycles. The summed E-state index contributed by atoms with van der Waals surface area (Å²) in [5.74, 6) is 0.836. The van der Waals surface area contributed by atoms with Gasteiger partial charge >= 0.3 is 0 Å². The van der Waals surface area contributed by atoms with Crippen LogP contribution in [0.5, 0.6) is 5.75 Å². The molecule has 45 heavy (non-hydrogen) atoms. The third kappa shape index (κ3) is 7.89. The van der Waals surface area contributed by atoms with Gasteiger partial charge in [-0.15, -0.1) is 0 Å². The standard InChI is InChI=1S/C35H41Cl3N4O3/c1-7-33(3,4)17-18-35(34(5,6)8-2,45-26-15-10-9-11-16-26)32(44)40-25-14-12-13-24(21-25)39-29-22-30(43)42(41-29)31-27(37)19-23(36)20-28(31)38/h9-16,19-22,39,41H,7-8,17-18H2,1-6H3,(H,40,44). The number of para-hydroxylation sites is 1. The van der Waals surface area contributed by atoms with Gasteiger partial charge in [-0.05, 0) is 67.1 Å². The molecule has 0 saturated heterocycles.